The fraction of sp³-hybridized carbons (Fsp3) is 0.919. The molecule has 81 heavy (non-hydrogen) atoms. The number of carbonyl (C=O) groups excluding carboxylic acids is 1. The number of carbonyl (C=O) groups is 1. The number of ether oxygens (including phenoxy) is 6. The molecule has 3 saturated heterocycles. The molecule has 1 amide bonds. The minimum atomic E-state index is -1.98. The molecule has 12 N–H and O–H groups in total. The van der Waals surface area contributed by atoms with Gasteiger partial charge in [0.05, 0.1) is 38.6 Å². The molecular weight excluding hydrogens is 1050 g/mol. The van der Waals surface area contributed by atoms with E-state index in [0.29, 0.717) is 6.42 Å². The highest BCUT2D eigenvalue weighted by Gasteiger charge is 2.53. The summed E-state index contributed by atoms with van der Waals surface area (Å²) in [6, 6.07) is -0.969. The van der Waals surface area contributed by atoms with Crippen LogP contribution in [0.1, 0.15) is 232 Å². The first-order valence-corrected chi connectivity index (χ1v) is 32.1. The van der Waals surface area contributed by atoms with E-state index in [4.69, 9.17) is 28.4 Å². The lowest BCUT2D eigenvalue weighted by Crippen LogP contribution is -2.66. The Hall–Kier alpha value is -1.73. The molecule has 3 aliphatic rings. The van der Waals surface area contributed by atoms with Crippen LogP contribution in [-0.2, 0) is 33.2 Å². The van der Waals surface area contributed by atoms with E-state index in [1.54, 1.807) is 6.08 Å². The number of hydrogen-bond donors (Lipinski definition) is 12. The third kappa shape index (κ3) is 29.0. The van der Waals surface area contributed by atoms with Crippen molar-refractivity contribution in [2.75, 3.05) is 26.4 Å². The van der Waals surface area contributed by atoms with Crippen LogP contribution in [0.4, 0.5) is 0 Å². The van der Waals surface area contributed by atoms with Crippen LogP contribution < -0.4 is 5.32 Å². The third-order valence-corrected chi connectivity index (χ3v) is 16.2. The van der Waals surface area contributed by atoms with Gasteiger partial charge in [0.1, 0.15) is 73.2 Å². The molecule has 0 aliphatic carbocycles. The molecule has 3 fully saturated rings. The lowest BCUT2D eigenvalue weighted by Gasteiger charge is -2.48. The topological polar surface area (TPSA) is 307 Å². The lowest BCUT2D eigenvalue weighted by molar-refractivity contribution is -0.379. The SMILES string of the molecule is CCCCCCCC/C=C\CCCCCCCCCCCCCCCC(=O)NC(CO[C@H]1O[C@H](CO)[C@@H](O[C@@H]2O[C@H](CO)[C@H](O[C@H]3O[C@H](CO)[C@H](O)[C@H](O)[C@H]3O)[C@H](O)[C@H]2O)[C@H](O)[C@H]1O)[C@H](O)/C=C/CCCCCCCCCCCCC. The molecule has 0 aromatic carbocycles. The maximum absolute atomic E-state index is 13.3. The van der Waals surface area contributed by atoms with E-state index < -0.39 is 124 Å². The van der Waals surface area contributed by atoms with Crippen LogP contribution in [-0.4, -0.2) is 193 Å². The molecule has 1 unspecified atom stereocenters. The highest BCUT2D eigenvalue weighted by molar-refractivity contribution is 5.76. The normalized spacial score (nSPS) is 29.9. The highest BCUT2D eigenvalue weighted by Crippen LogP contribution is 2.33. The van der Waals surface area contributed by atoms with Crippen molar-refractivity contribution < 1.29 is 89.4 Å². The van der Waals surface area contributed by atoms with Crippen molar-refractivity contribution in [3.05, 3.63) is 24.3 Å². The first kappa shape index (κ1) is 73.5. The Morgan fingerprint density at radius 2 is 0.778 bits per heavy atom. The van der Waals surface area contributed by atoms with E-state index in [9.17, 15) is 61.0 Å². The number of hydrogen-bond acceptors (Lipinski definition) is 18. The van der Waals surface area contributed by atoms with Crippen molar-refractivity contribution in [2.45, 2.75) is 336 Å². The molecular formula is C62H115NO18. The van der Waals surface area contributed by atoms with E-state index in [-0.39, 0.29) is 18.9 Å². The van der Waals surface area contributed by atoms with Gasteiger partial charge in [0.2, 0.25) is 5.91 Å². The van der Waals surface area contributed by atoms with Gasteiger partial charge in [-0.25, -0.2) is 0 Å². The standard InChI is InChI=1S/C62H115NO18/c1-3-5-7-9-11-13-15-17-18-19-20-21-22-23-24-25-26-28-30-32-34-36-38-40-50(68)63-45(46(67)39-37-35-33-31-29-27-16-14-12-10-8-6-4-2)44-76-60-56(74)53(71)58(48(42-65)78-60)81-62-57(75)54(72)59(49(43-66)79-62)80-61-55(73)52(70)51(69)47(41-64)77-61/h17-18,37,39,45-49,51-62,64-67,69-75H,3-16,19-36,38,40-44H2,1-2H3,(H,63,68)/b18-17-,39-37+/t45?,46-,47-,48-,49-,51+,52+,53-,54-,55-,56-,57-,58-,59+,60+,61-,62+/m1/s1. The van der Waals surface area contributed by atoms with Crippen molar-refractivity contribution in [3.63, 3.8) is 0 Å². The molecule has 3 heterocycles. The maximum atomic E-state index is 13.3. The fourth-order valence-corrected chi connectivity index (χ4v) is 11.0. The Morgan fingerprint density at radius 1 is 0.432 bits per heavy atom. The summed E-state index contributed by atoms with van der Waals surface area (Å²) < 4.78 is 34.3. The molecule has 0 spiro atoms. The predicted octanol–water partition coefficient (Wildman–Crippen LogP) is 6.71. The van der Waals surface area contributed by atoms with Gasteiger partial charge in [-0.15, -0.1) is 0 Å². The maximum Gasteiger partial charge on any atom is 0.220 e. The lowest BCUT2D eigenvalue weighted by atomic mass is 9.96. The van der Waals surface area contributed by atoms with Crippen LogP contribution in [0.25, 0.3) is 0 Å². The number of nitrogens with one attached hydrogen (secondary N) is 1. The molecule has 3 rings (SSSR count). The zero-order chi connectivity index (χ0) is 59.0. The highest BCUT2D eigenvalue weighted by atomic mass is 16.8. The van der Waals surface area contributed by atoms with Crippen molar-refractivity contribution in [2.24, 2.45) is 0 Å². The minimum Gasteiger partial charge on any atom is -0.394 e. The van der Waals surface area contributed by atoms with Crippen molar-refractivity contribution in [1.82, 2.24) is 5.32 Å². The van der Waals surface area contributed by atoms with Crippen LogP contribution in [0.3, 0.4) is 0 Å². The van der Waals surface area contributed by atoms with Gasteiger partial charge in [-0.1, -0.05) is 205 Å². The number of aliphatic hydroxyl groups excluding tert-OH is 11. The van der Waals surface area contributed by atoms with E-state index in [1.807, 2.05) is 6.08 Å². The average Bonchev–Trinajstić information content (AvgIpc) is 3.57. The van der Waals surface area contributed by atoms with Crippen LogP contribution >= 0.6 is 0 Å². The molecule has 19 nitrogen and oxygen atoms in total. The van der Waals surface area contributed by atoms with Crippen LogP contribution in [0.15, 0.2) is 24.3 Å². The Bertz CT molecular complexity index is 1580. The van der Waals surface area contributed by atoms with Gasteiger partial charge in [0.25, 0.3) is 0 Å². The summed E-state index contributed by atoms with van der Waals surface area (Å²) in [5.74, 6) is -0.275. The summed E-state index contributed by atoms with van der Waals surface area (Å²) in [6.45, 7) is 1.72. The first-order valence-electron chi connectivity index (χ1n) is 32.1. The summed E-state index contributed by atoms with van der Waals surface area (Å²) in [5, 5.41) is 120. The molecule has 0 bridgehead atoms. The first-order chi connectivity index (χ1) is 39.3. The van der Waals surface area contributed by atoms with Crippen molar-refractivity contribution in [1.29, 1.82) is 0 Å². The van der Waals surface area contributed by atoms with Crippen molar-refractivity contribution >= 4 is 5.91 Å². The van der Waals surface area contributed by atoms with Gasteiger partial charge < -0.3 is 89.9 Å². The second kappa shape index (κ2) is 45.6. The van der Waals surface area contributed by atoms with Gasteiger partial charge >= 0.3 is 0 Å². The largest absolute Gasteiger partial charge is 0.394 e. The Balaban J connectivity index is 1.45. The smallest absolute Gasteiger partial charge is 0.220 e. The van der Waals surface area contributed by atoms with Gasteiger partial charge in [0.15, 0.2) is 18.9 Å². The number of allylic oxidation sites excluding steroid dienone is 3. The summed E-state index contributed by atoms with van der Waals surface area (Å²) >= 11 is 0. The molecule has 19 heteroatoms. The molecule has 0 aromatic rings. The van der Waals surface area contributed by atoms with Crippen LogP contribution in [0, 0.1) is 0 Å². The fourth-order valence-electron chi connectivity index (χ4n) is 11.0. The second-order valence-electron chi connectivity index (χ2n) is 23.2. The molecule has 0 saturated carbocycles. The predicted molar refractivity (Wildman–Crippen MR) is 310 cm³/mol. The zero-order valence-corrected chi connectivity index (χ0v) is 49.8. The Morgan fingerprint density at radius 3 is 1.20 bits per heavy atom. The monoisotopic (exact) mass is 1160 g/mol. The summed E-state index contributed by atoms with van der Waals surface area (Å²) in [6.07, 6.45) is 21.6. The third-order valence-electron chi connectivity index (χ3n) is 16.2. The van der Waals surface area contributed by atoms with Gasteiger partial charge in [-0.2, -0.15) is 0 Å². The molecule has 476 valence electrons. The minimum absolute atomic E-state index is 0.246. The van der Waals surface area contributed by atoms with E-state index in [0.717, 1.165) is 44.9 Å². The quantitative estimate of drug-likeness (QED) is 0.0222. The van der Waals surface area contributed by atoms with E-state index >= 15 is 0 Å². The van der Waals surface area contributed by atoms with Crippen LogP contribution in [0.5, 0.6) is 0 Å². The van der Waals surface area contributed by atoms with Gasteiger partial charge in [0, 0.05) is 6.42 Å². The second-order valence-corrected chi connectivity index (χ2v) is 23.2. The van der Waals surface area contributed by atoms with Crippen LogP contribution in [0.2, 0.25) is 0 Å². The molecule has 3 aliphatic heterocycles. The average molecular weight is 1160 g/mol. The summed E-state index contributed by atoms with van der Waals surface area (Å²) in [7, 11) is 0. The summed E-state index contributed by atoms with van der Waals surface area (Å²) in [4.78, 5) is 13.3. The Kier molecular flexibility index (Phi) is 41.4. The molecule has 17 atom stereocenters. The molecule has 0 aromatic heterocycles. The zero-order valence-electron chi connectivity index (χ0n) is 49.8. The van der Waals surface area contributed by atoms with Gasteiger partial charge in [-0.05, 0) is 44.9 Å². The number of amides is 1. The van der Waals surface area contributed by atoms with E-state index in [2.05, 4.69) is 31.3 Å². The molecule has 0 radical (unpaired) electrons. The van der Waals surface area contributed by atoms with Crippen molar-refractivity contribution in [3.8, 4) is 0 Å². The van der Waals surface area contributed by atoms with E-state index in [1.165, 1.54) is 161 Å². The number of rotatable bonds is 48. The van der Waals surface area contributed by atoms with Gasteiger partial charge in [-0.3, -0.25) is 4.79 Å². The Labute approximate surface area is 486 Å². The number of aliphatic hydroxyl groups is 11. The number of unbranched alkanes of at least 4 members (excludes halogenated alkanes) is 30. The summed E-state index contributed by atoms with van der Waals surface area (Å²) in [5.41, 5.74) is 0.